The normalized spacial score (nSPS) is 15.0. The summed E-state index contributed by atoms with van der Waals surface area (Å²) in [5, 5.41) is 0.443. The molecule has 1 aliphatic heterocycles. The van der Waals surface area contributed by atoms with Gasteiger partial charge in [0.15, 0.2) is 0 Å². The number of carbonyl (C=O) groups is 2. The fourth-order valence-corrected chi connectivity index (χ4v) is 5.31. The molecular weight excluding hydrogens is 461 g/mol. The van der Waals surface area contributed by atoms with Gasteiger partial charge in [-0.25, -0.2) is 8.42 Å². The van der Waals surface area contributed by atoms with Gasteiger partial charge in [0, 0.05) is 24.0 Å². The third-order valence-electron chi connectivity index (χ3n) is 5.31. The van der Waals surface area contributed by atoms with Gasteiger partial charge in [-0.2, -0.15) is 0 Å². The topological polar surface area (TPSA) is 101 Å². The Morgan fingerprint density at radius 1 is 1.10 bits per heavy atom. The second kappa shape index (κ2) is 9.46. The van der Waals surface area contributed by atoms with E-state index in [1.807, 2.05) is 6.92 Å². The summed E-state index contributed by atoms with van der Waals surface area (Å²) in [5.41, 5.74) is 6.37. The highest BCUT2D eigenvalue weighted by Crippen LogP contribution is 2.33. The minimum Gasteiger partial charge on any atom is -0.369 e. The van der Waals surface area contributed by atoms with E-state index in [-0.39, 0.29) is 27.4 Å². The Morgan fingerprint density at radius 3 is 2.29 bits per heavy atom. The molecule has 1 aliphatic rings. The molecule has 0 aromatic heterocycles. The predicted molar refractivity (Wildman–Crippen MR) is 121 cm³/mol. The number of halogens is 2. The molecule has 1 fully saturated rings. The maximum atomic E-state index is 13.5. The molecule has 10 heteroatoms. The third-order valence-corrected chi connectivity index (χ3v) is 7.64. The van der Waals surface area contributed by atoms with Gasteiger partial charge in [0.2, 0.25) is 11.8 Å². The van der Waals surface area contributed by atoms with Crippen molar-refractivity contribution < 1.29 is 18.0 Å². The summed E-state index contributed by atoms with van der Waals surface area (Å²) in [4.78, 5) is 26.0. The minimum atomic E-state index is -4.10. The number of benzene rings is 2. The van der Waals surface area contributed by atoms with Crippen LogP contribution in [0.2, 0.25) is 10.0 Å². The van der Waals surface area contributed by atoms with Crippen LogP contribution in [0.25, 0.3) is 0 Å². The SMILES string of the molecule is Cc1ccc(S(=O)(=O)N(CC(=O)N2CCC(C(N)=O)CC2)c2cc(Cl)ccc2Cl)cc1. The molecule has 166 valence electrons. The summed E-state index contributed by atoms with van der Waals surface area (Å²) in [7, 11) is -4.10. The Hall–Kier alpha value is -2.29. The molecule has 2 aromatic carbocycles. The maximum absolute atomic E-state index is 13.5. The molecule has 2 N–H and O–H groups in total. The van der Waals surface area contributed by atoms with E-state index in [9.17, 15) is 18.0 Å². The molecule has 2 amide bonds. The highest BCUT2D eigenvalue weighted by molar-refractivity contribution is 7.92. The smallest absolute Gasteiger partial charge is 0.264 e. The molecule has 2 aromatic rings. The van der Waals surface area contributed by atoms with Crippen LogP contribution >= 0.6 is 23.2 Å². The summed E-state index contributed by atoms with van der Waals surface area (Å²) < 4.78 is 27.9. The van der Waals surface area contributed by atoms with Crippen molar-refractivity contribution in [3.05, 3.63) is 58.1 Å². The lowest BCUT2D eigenvalue weighted by Crippen LogP contribution is -2.47. The molecular formula is C21H23Cl2N3O4S. The number of rotatable bonds is 6. The number of carbonyl (C=O) groups excluding carboxylic acids is 2. The van der Waals surface area contributed by atoms with Crippen LogP contribution in [-0.2, 0) is 19.6 Å². The molecule has 3 rings (SSSR count). The number of primary amides is 1. The van der Waals surface area contributed by atoms with Crippen molar-refractivity contribution in [2.75, 3.05) is 23.9 Å². The lowest BCUT2D eigenvalue weighted by molar-refractivity contribution is -0.133. The van der Waals surface area contributed by atoms with Crippen LogP contribution in [0.4, 0.5) is 5.69 Å². The first-order valence-corrected chi connectivity index (χ1v) is 11.9. The van der Waals surface area contributed by atoms with E-state index in [4.69, 9.17) is 28.9 Å². The van der Waals surface area contributed by atoms with Gasteiger partial charge in [-0.15, -0.1) is 0 Å². The second-order valence-electron chi connectivity index (χ2n) is 7.48. The van der Waals surface area contributed by atoms with Crippen molar-refractivity contribution in [2.24, 2.45) is 11.7 Å². The Morgan fingerprint density at radius 2 is 1.71 bits per heavy atom. The van der Waals surface area contributed by atoms with Crippen molar-refractivity contribution in [2.45, 2.75) is 24.7 Å². The first kappa shape index (κ1) is 23.4. The van der Waals surface area contributed by atoms with E-state index < -0.39 is 22.5 Å². The summed E-state index contributed by atoms with van der Waals surface area (Å²) in [5.74, 6) is -1.06. The zero-order valence-electron chi connectivity index (χ0n) is 16.9. The van der Waals surface area contributed by atoms with E-state index >= 15 is 0 Å². The molecule has 7 nitrogen and oxygen atoms in total. The molecule has 1 saturated heterocycles. The number of aryl methyl sites for hydroxylation is 1. The summed E-state index contributed by atoms with van der Waals surface area (Å²) in [6.45, 7) is 2.06. The van der Waals surface area contributed by atoms with Crippen LogP contribution in [0.5, 0.6) is 0 Å². The first-order chi connectivity index (χ1) is 14.6. The van der Waals surface area contributed by atoms with Crippen LogP contribution in [0.15, 0.2) is 47.4 Å². The van der Waals surface area contributed by atoms with Gasteiger partial charge in [0.1, 0.15) is 6.54 Å². The van der Waals surface area contributed by atoms with Gasteiger partial charge in [-0.1, -0.05) is 40.9 Å². The molecule has 0 unspecified atom stereocenters. The number of sulfonamides is 1. The number of nitrogens with two attached hydrogens (primary N) is 1. The monoisotopic (exact) mass is 483 g/mol. The van der Waals surface area contributed by atoms with E-state index in [1.54, 1.807) is 18.2 Å². The Balaban J connectivity index is 1.93. The van der Waals surface area contributed by atoms with Crippen molar-refractivity contribution in [3.8, 4) is 0 Å². The van der Waals surface area contributed by atoms with Crippen LogP contribution < -0.4 is 10.0 Å². The number of anilines is 1. The predicted octanol–water partition coefficient (Wildman–Crippen LogP) is 3.22. The van der Waals surface area contributed by atoms with Crippen LogP contribution in [0, 0.1) is 12.8 Å². The van der Waals surface area contributed by atoms with E-state index in [1.165, 1.54) is 29.2 Å². The van der Waals surface area contributed by atoms with Crippen molar-refractivity contribution >= 4 is 50.7 Å². The first-order valence-electron chi connectivity index (χ1n) is 9.71. The summed E-state index contributed by atoms with van der Waals surface area (Å²) in [6.07, 6.45) is 0.896. The van der Waals surface area contributed by atoms with Gasteiger partial charge >= 0.3 is 0 Å². The maximum Gasteiger partial charge on any atom is 0.264 e. The molecule has 0 spiro atoms. The molecule has 0 radical (unpaired) electrons. The Bertz CT molecular complexity index is 1080. The average molecular weight is 484 g/mol. The third kappa shape index (κ3) is 5.31. The van der Waals surface area contributed by atoms with Crippen LogP contribution in [0.1, 0.15) is 18.4 Å². The van der Waals surface area contributed by atoms with Gasteiger partial charge in [-0.05, 0) is 50.1 Å². The molecule has 0 bridgehead atoms. The standard InChI is InChI=1S/C21H23Cl2N3O4S/c1-14-2-5-17(6-3-14)31(29,30)26(19-12-16(22)4-7-18(19)23)13-20(27)25-10-8-15(9-11-25)21(24)28/h2-7,12,15H,8-11,13H2,1H3,(H2,24,28). The number of hydrogen-bond acceptors (Lipinski definition) is 4. The minimum absolute atomic E-state index is 0.0365. The number of piperidine rings is 1. The Labute approximate surface area is 191 Å². The second-order valence-corrected chi connectivity index (χ2v) is 10.2. The van der Waals surface area contributed by atoms with Gasteiger partial charge < -0.3 is 10.6 Å². The summed E-state index contributed by atoms with van der Waals surface area (Å²) >= 11 is 12.4. The van der Waals surface area contributed by atoms with Crippen molar-refractivity contribution in [1.29, 1.82) is 0 Å². The van der Waals surface area contributed by atoms with Gasteiger partial charge in [0.05, 0.1) is 15.6 Å². The Kier molecular flexibility index (Phi) is 7.13. The molecule has 1 heterocycles. The number of nitrogens with zero attached hydrogens (tertiary/aromatic N) is 2. The molecule has 31 heavy (non-hydrogen) atoms. The zero-order valence-corrected chi connectivity index (χ0v) is 19.3. The van der Waals surface area contributed by atoms with Gasteiger partial charge in [-0.3, -0.25) is 13.9 Å². The lowest BCUT2D eigenvalue weighted by atomic mass is 9.96. The number of amides is 2. The lowest BCUT2D eigenvalue weighted by Gasteiger charge is -2.33. The van der Waals surface area contributed by atoms with E-state index in [2.05, 4.69) is 0 Å². The van der Waals surface area contributed by atoms with Crippen LogP contribution in [-0.4, -0.2) is 44.8 Å². The quantitative estimate of drug-likeness (QED) is 0.681. The summed E-state index contributed by atoms with van der Waals surface area (Å²) in [6, 6.07) is 10.8. The van der Waals surface area contributed by atoms with Gasteiger partial charge in [0.25, 0.3) is 10.0 Å². The van der Waals surface area contributed by atoms with Crippen molar-refractivity contribution in [1.82, 2.24) is 4.90 Å². The molecule has 0 aliphatic carbocycles. The molecule has 0 saturated carbocycles. The highest BCUT2D eigenvalue weighted by atomic mass is 35.5. The molecule has 0 atom stereocenters. The number of hydrogen-bond donors (Lipinski definition) is 1. The average Bonchev–Trinajstić information content (AvgIpc) is 2.74. The van der Waals surface area contributed by atoms with E-state index in [0.29, 0.717) is 31.0 Å². The zero-order chi connectivity index (χ0) is 22.8. The highest BCUT2D eigenvalue weighted by Gasteiger charge is 2.32. The fourth-order valence-electron chi connectivity index (χ4n) is 3.45. The largest absolute Gasteiger partial charge is 0.369 e. The van der Waals surface area contributed by atoms with Crippen LogP contribution in [0.3, 0.4) is 0 Å². The van der Waals surface area contributed by atoms with Crippen molar-refractivity contribution in [3.63, 3.8) is 0 Å². The van der Waals surface area contributed by atoms with E-state index in [0.717, 1.165) is 9.87 Å². The fraction of sp³-hybridized carbons (Fsp3) is 0.333. The number of likely N-dealkylation sites (tertiary alicyclic amines) is 1.